The number of anilines is 3. The molecule has 6 heteroatoms. The van der Waals surface area contributed by atoms with Gasteiger partial charge >= 0.3 is 0 Å². The smallest absolute Gasteiger partial charge is 0.252 e. The number of fused-ring (bicyclic) bond motifs is 1. The van der Waals surface area contributed by atoms with Crippen LogP contribution in [0.1, 0.15) is 63.8 Å². The third kappa shape index (κ3) is 4.43. The third-order valence-electron chi connectivity index (χ3n) is 6.68. The first-order valence-corrected chi connectivity index (χ1v) is 11.8. The van der Waals surface area contributed by atoms with E-state index in [1.165, 1.54) is 50.6 Å². The van der Waals surface area contributed by atoms with Gasteiger partial charge in [0.25, 0.3) is 5.56 Å². The van der Waals surface area contributed by atoms with Gasteiger partial charge in [-0.1, -0.05) is 31.7 Å². The maximum absolute atomic E-state index is 12.8. The molecule has 6 nitrogen and oxygen atoms in total. The van der Waals surface area contributed by atoms with Crippen LogP contribution in [0.5, 0.6) is 0 Å². The van der Waals surface area contributed by atoms with Crippen LogP contribution in [0.25, 0.3) is 11.0 Å². The van der Waals surface area contributed by atoms with E-state index >= 15 is 0 Å². The summed E-state index contributed by atoms with van der Waals surface area (Å²) in [7, 11) is 0. The normalized spacial score (nSPS) is 18.1. The highest BCUT2D eigenvalue weighted by atomic mass is 16.1. The summed E-state index contributed by atoms with van der Waals surface area (Å²) in [5.74, 6) is 0.538. The van der Waals surface area contributed by atoms with Crippen molar-refractivity contribution in [2.45, 2.75) is 63.8 Å². The summed E-state index contributed by atoms with van der Waals surface area (Å²) in [5.41, 5.74) is 2.99. The summed E-state index contributed by atoms with van der Waals surface area (Å²) in [6.45, 7) is 2.23. The van der Waals surface area contributed by atoms with Gasteiger partial charge in [0.2, 0.25) is 5.95 Å². The van der Waals surface area contributed by atoms with Gasteiger partial charge in [-0.15, -0.1) is 0 Å². The van der Waals surface area contributed by atoms with Crippen LogP contribution in [0.15, 0.2) is 47.4 Å². The number of pyridine rings is 1. The quantitative estimate of drug-likeness (QED) is 0.574. The maximum atomic E-state index is 12.8. The Morgan fingerprint density at radius 1 is 0.903 bits per heavy atom. The number of hydrogen-bond acceptors (Lipinski definition) is 5. The van der Waals surface area contributed by atoms with Crippen molar-refractivity contribution in [1.29, 1.82) is 0 Å². The van der Waals surface area contributed by atoms with E-state index in [1.54, 1.807) is 6.07 Å². The highest BCUT2D eigenvalue weighted by Crippen LogP contribution is 2.29. The molecule has 2 fully saturated rings. The van der Waals surface area contributed by atoms with E-state index in [9.17, 15) is 4.79 Å². The molecule has 5 rings (SSSR count). The molecule has 31 heavy (non-hydrogen) atoms. The van der Waals surface area contributed by atoms with Crippen LogP contribution in [0.4, 0.5) is 17.3 Å². The molecular formula is C25H31N5O. The van der Waals surface area contributed by atoms with Crippen LogP contribution in [-0.4, -0.2) is 27.6 Å². The maximum Gasteiger partial charge on any atom is 0.252 e. The number of rotatable bonds is 4. The number of nitrogens with zero attached hydrogens (tertiary/aromatic N) is 4. The third-order valence-corrected chi connectivity index (χ3v) is 6.68. The Morgan fingerprint density at radius 3 is 2.48 bits per heavy atom. The molecule has 0 spiro atoms. The van der Waals surface area contributed by atoms with Crippen molar-refractivity contribution in [3.8, 4) is 0 Å². The lowest BCUT2D eigenvalue weighted by Crippen LogP contribution is -2.29. The highest BCUT2D eigenvalue weighted by molar-refractivity contribution is 5.76. The molecule has 0 amide bonds. The van der Waals surface area contributed by atoms with Crippen LogP contribution < -0.4 is 15.8 Å². The zero-order valence-corrected chi connectivity index (χ0v) is 18.1. The molecule has 0 unspecified atom stereocenters. The Balaban J connectivity index is 1.46. The number of aromatic nitrogens is 3. The summed E-state index contributed by atoms with van der Waals surface area (Å²) in [6, 6.07) is 12.2. The van der Waals surface area contributed by atoms with E-state index in [0.29, 0.717) is 5.95 Å². The lowest BCUT2D eigenvalue weighted by atomic mass is 10.1. The van der Waals surface area contributed by atoms with Crippen molar-refractivity contribution < 1.29 is 0 Å². The number of nitrogens with one attached hydrogen (secondary N) is 1. The lowest BCUT2D eigenvalue weighted by molar-refractivity contribution is 0.442. The monoisotopic (exact) mass is 417 g/mol. The van der Waals surface area contributed by atoms with Gasteiger partial charge in [0.1, 0.15) is 5.65 Å². The molecule has 0 atom stereocenters. The minimum atomic E-state index is 0.0381. The van der Waals surface area contributed by atoms with E-state index in [2.05, 4.69) is 33.4 Å². The fourth-order valence-corrected chi connectivity index (χ4v) is 5.03. The molecule has 162 valence electrons. The van der Waals surface area contributed by atoms with Crippen LogP contribution in [-0.2, 0) is 0 Å². The number of piperidine rings is 1. The van der Waals surface area contributed by atoms with Crippen molar-refractivity contribution in [2.24, 2.45) is 0 Å². The predicted molar refractivity (Wildman–Crippen MR) is 126 cm³/mol. The van der Waals surface area contributed by atoms with Crippen LogP contribution in [0.3, 0.4) is 0 Å². The van der Waals surface area contributed by atoms with Gasteiger partial charge in [0, 0.05) is 48.2 Å². The molecule has 1 aliphatic carbocycles. The van der Waals surface area contributed by atoms with Crippen LogP contribution >= 0.6 is 0 Å². The molecule has 2 aromatic heterocycles. The van der Waals surface area contributed by atoms with E-state index in [0.717, 1.165) is 42.7 Å². The second-order valence-electron chi connectivity index (χ2n) is 8.88. The topological polar surface area (TPSA) is 63.1 Å². The Hall–Kier alpha value is -2.89. The summed E-state index contributed by atoms with van der Waals surface area (Å²) < 4.78 is 1.91. The first-order valence-electron chi connectivity index (χ1n) is 11.8. The largest absolute Gasteiger partial charge is 0.371 e. The first kappa shape index (κ1) is 20.0. The zero-order valence-electron chi connectivity index (χ0n) is 18.1. The minimum absolute atomic E-state index is 0.0381. The second-order valence-corrected chi connectivity index (χ2v) is 8.88. The molecule has 0 radical (unpaired) electrons. The van der Waals surface area contributed by atoms with Crippen LogP contribution in [0.2, 0.25) is 0 Å². The molecule has 2 aliphatic rings. The number of benzene rings is 1. The average molecular weight is 418 g/mol. The SMILES string of the molecule is O=c1ccc2cnc(Nc3cccc(N4CCCCC4)c3)nc2n1C1CCCCCC1. The average Bonchev–Trinajstić information content (AvgIpc) is 3.09. The highest BCUT2D eigenvalue weighted by Gasteiger charge is 2.19. The summed E-state index contributed by atoms with van der Waals surface area (Å²) in [4.78, 5) is 24.6. The minimum Gasteiger partial charge on any atom is -0.371 e. The van der Waals surface area contributed by atoms with E-state index in [1.807, 2.05) is 22.9 Å². The van der Waals surface area contributed by atoms with Gasteiger partial charge in [-0.3, -0.25) is 9.36 Å². The molecule has 1 aromatic carbocycles. The summed E-state index contributed by atoms with van der Waals surface area (Å²) in [6.07, 6.45) is 12.6. The van der Waals surface area contributed by atoms with Crippen molar-refractivity contribution in [3.63, 3.8) is 0 Å². The Labute approximate surface area is 183 Å². The standard InChI is InChI=1S/C25H31N5O/c31-23-14-13-19-18-26-25(28-24(19)30(23)21-10-4-1-2-5-11-21)27-20-9-8-12-22(17-20)29-15-6-3-7-16-29/h8-9,12-14,17-18,21H,1-7,10-11,15-16H2,(H,26,27,28). The van der Waals surface area contributed by atoms with Gasteiger partial charge in [-0.05, 0) is 56.4 Å². The molecule has 1 aliphatic heterocycles. The Kier molecular flexibility index (Phi) is 5.87. The van der Waals surface area contributed by atoms with E-state index in [-0.39, 0.29) is 11.6 Å². The molecule has 1 saturated carbocycles. The fraction of sp³-hybridized carbons (Fsp3) is 0.480. The van der Waals surface area contributed by atoms with Crippen molar-refractivity contribution >= 4 is 28.4 Å². The van der Waals surface area contributed by atoms with Gasteiger partial charge in [-0.25, -0.2) is 4.98 Å². The summed E-state index contributed by atoms with van der Waals surface area (Å²) >= 11 is 0. The summed E-state index contributed by atoms with van der Waals surface area (Å²) in [5, 5.41) is 4.29. The van der Waals surface area contributed by atoms with Crippen molar-refractivity contribution in [2.75, 3.05) is 23.3 Å². The second kappa shape index (κ2) is 9.08. The van der Waals surface area contributed by atoms with Gasteiger partial charge in [0.05, 0.1) is 0 Å². The molecule has 0 bridgehead atoms. The molecule has 1 saturated heterocycles. The molecule has 1 N–H and O–H groups in total. The van der Waals surface area contributed by atoms with Crippen molar-refractivity contribution in [3.05, 3.63) is 52.9 Å². The first-order chi connectivity index (χ1) is 15.3. The van der Waals surface area contributed by atoms with Crippen LogP contribution in [0, 0.1) is 0 Å². The van der Waals surface area contributed by atoms with E-state index in [4.69, 9.17) is 4.98 Å². The Morgan fingerprint density at radius 2 is 1.68 bits per heavy atom. The van der Waals surface area contributed by atoms with Gasteiger partial charge < -0.3 is 10.2 Å². The van der Waals surface area contributed by atoms with Gasteiger partial charge in [0.15, 0.2) is 0 Å². The predicted octanol–water partition coefficient (Wildman–Crippen LogP) is 5.42. The fourth-order valence-electron chi connectivity index (χ4n) is 5.03. The number of hydrogen-bond donors (Lipinski definition) is 1. The van der Waals surface area contributed by atoms with Gasteiger partial charge in [-0.2, -0.15) is 4.98 Å². The Bertz CT molecular complexity index is 1090. The van der Waals surface area contributed by atoms with E-state index < -0.39 is 0 Å². The zero-order chi connectivity index (χ0) is 21.0. The van der Waals surface area contributed by atoms with Crippen molar-refractivity contribution in [1.82, 2.24) is 14.5 Å². The molecule has 3 aromatic rings. The lowest BCUT2D eigenvalue weighted by Gasteiger charge is -2.29. The molecule has 3 heterocycles. The molecular weight excluding hydrogens is 386 g/mol.